The average Bonchev–Trinajstić information content (AvgIpc) is 2.50. The molecule has 0 saturated carbocycles. The highest BCUT2D eigenvalue weighted by Gasteiger charge is 2.13. The molecule has 1 saturated heterocycles. The zero-order valence-corrected chi connectivity index (χ0v) is 9.72. The van der Waals surface area contributed by atoms with Crippen molar-refractivity contribution >= 4 is 17.3 Å². The number of nitrogens with zero attached hydrogens (tertiary/aromatic N) is 2. The van der Waals surface area contributed by atoms with Crippen molar-refractivity contribution in [2.24, 2.45) is 0 Å². The Morgan fingerprint density at radius 1 is 1.40 bits per heavy atom. The molecular formula is C11H16ClN3. The van der Waals surface area contributed by atoms with E-state index in [1.165, 1.54) is 0 Å². The number of pyridine rings is 1. The van der Waals surface area contributed by atoms with Gasteiger partial charge in [0, 0.05) is 25.8 Å². The van der Waals surface area contributed by atoms with E-state index < -0.39 is 0 Å². The molecule has 0 spiro atoms. The van der Waals surface area contributed by atoms with Gasteiger partial charge in [-0.2, -0.15) is 0 Å². The summed E-state index contributed by atoms with van der Waals surface area (Å²) in [6.07, 6.45) is 2.99. The summed E-state index contributed by atoms with van der Waals surface area (Å²) in [7, 11) is 0. The molecule has 0 aromatic carbocycles. The zero-order chi connectivity index (χ0) is 10.7. The number of hydrogen-bond donors (Lipinski definition) is 1. The number of rotatable bonds is 1. The van der Waals surface area contributed by atoms with Crippen LogP contribution >= 0.6 is 11.6 Å². The fourth-order valence-electron chi connectivity index (χ4n) is 1.87. The molecule has 1 aliphatic rings. The van der Waals surface area contributed by atoms with Crippen molar-refractivity contribution in [1.29, 1.82) is 0 Å². The largest absolute Gasteiger partial charge is 0.369 e. The van der Waals surface area contributed by atoms with Crippen LogP contribution in [-0.2, 0) is 0 Å². The molecular weight excluding hydrogens is 210 g/mol. The van der Waals surface area contributed by atoms with Crippen LogP contribution in [0.5, 0.6) is 0 Å². The van der Waals surface area contributed by atoms with Crippen LogP contribution in [0.2, 0.25) is 5.02 Å². The van der Waals surface area contributed by atoms with E-state index in [9.17, 15) is 0 Å². The lowest BCUT2D eigenvalue weighted by atomic mass is 10.3. The van der Waals surface area contributed by atoms with Crippen molar-refractivity contribution in [3.8, 4) is 0 Å². The van der Waals surface area contributed by atoms with Crippen molar-refractivity contribution in [2.75, 3.05) is 31.1 Å². The Morgan fingerprint density at radius 2 is 2.27 bits per heavy atom. The van der Waals surface area contributed by atoms with E-state index in [1.807, 2.05) is 19.2 Å². The Balaban J connectivity index is 2.23. The molecule has 2 rings (SSSR count). The van der Waals surface area contributed by atoms with Gasteiger partial charge in [0.1, 0.15) is 0 Å². The van der Waals surface area contributed by atoms with Crippen LogP contribution in [0, 0.1) is 6.92 Å². The Bertz CT molecular complexity index is 333. The summed E-state index contributed by atoms with van der Waals surface area (Å²) in [5, 5.41) is 4.17. The van der Waals surface area contributed by atoms with Gasteiger partial charge in [0.25, 0.3) is 0 Å². The van der Waals surface area contributed by atoms with Crippen molar-refractivity contribution in [3.05, 3.63) is 23.0 Å². The summed E-state index contributed by atoms with van der Waals surface area (Å²) in [5.41, 5.74) is 2.03. The predicted molar refractivity (Wildman–Crippen MR) is 63.7 cm³/mol. The zero-order valence-electron chi connectivity index (χ0n) is 8.96. The summed E-state index contributed by atoms with van der Waals surface area (Å²) in [4.78, 5) is 6.51. The van der Waals surface area contributed by atoms with Gasteiger partial charge in [-0.25, -0.2) is 0 Å². The van der Waals surface area contributed by atoms with Crippen LogP contribution in [0.25, 0.3) is 0 Å². The Hall–Kier alpha value is -0.800. The topological polar surface area (TPSA) is 28.2 Å². The highest BCUT2D eigenvalue weighted by atomic mass is 35.5. The molecule has 1 aromatic heterocycles. The van der Waals surface area contributed by atoms with E-state index in [2.05, 4.69) is 15.2 Å². The second-order valence-corrected chi connectivity index (χ2v) is 4.20. The summed E-state index contributed by atoms with van der Waals surface area (Å²) in [6, 6.07) is 2.00. The third-order valence-electron chi connectivity index (χ3n) is 2.72. The van der Waals surface area contributed by atoms with Crippen LogP contribution in [0.3, 0.4) is 0 Å². The standard InChI is InChI=1S/C11H16ClN3/c1-9-11(12)10(3-5-14-9)15-7-2-4-13-6-8-15/h3,5,13H,2,4,6-8H2,1H3. The Labute approximate surface area is 95.4 Å². The highest BCUT2D eigenvalue weighted by Crippen LogP contribution is 2.27. The van der Waals surface area contributed by atoms with Crippen LogP contribution in [0.4, 0.5) is 5.69 Å². The molecule has 15 heavy (non-hydrogen) atoms. The lowest BCUT2D eigenvalue weighted by Crippen LogP contribution is -2.28. The maximum atomic E-state index is 6.26. The first-order valence-electron chi connectivity index (χ1n) is 5.36. The molecule has 2 heterocycles. The van der Waals surface area contributed by atoms with Gasteiger partial charge in [-0.05, 0) is 26.0 Å². The number of halogens is 1. The second kappa shape index (κ2) is 4.81. The number of hydrogen-bond acceptors (Lipinski definition) is 3. The van der Waals surface area contributed by atoms with Crippen molar-refractivity contribution in [3.63, 3.8) is 0 Å². The molecule has 1 N–H and O–H groups in total. The van der Waals surface area contributed by atoms with Gasteiger partial charge in [-0.15, -0.1) is 0 Å². The number of aromatic nitrogens is 1. The van der Waals surface area contributed by atoms with Gasteiger partial charge in [-0.3, -0.25) is 4.98 Å². The lowest BCUT2D eigenvalue weighted by molar-refractivity contribution is 0.724. The minimum Gasteiger partial charge on any atom is -0.369 e. The summed E-state index contributed by atoms with van der Waals surface area (Å²) >= 11 is 6.26. The van der Waals surface area contributed by atoms with Gasteiger partial charge in [0.15, 0.2) is 0 Å². The molecule has 1 aliphatic heterocycles. The molecule has 0 aliphatic carbocycles. The van der Waals surface area contributed by atoms with Crippen LogP contribution in [0.15, 0.2) is 12.3 Å². The van der Waals surface area contributed by atoms with E-state index in [4.69, 9.17) is 11.6 Å². The molecule has 0 amide bonds. The van der Waals surface area contributed by atoms with Gasteiger partial charge in [0.05, 0.1) is 16.4 Å². The molecule has 0 bridgehead atoms. The molecule has 0 atom stereocenters. The third kappa shape index (κ3) is 2.41. The molecule has 3 nitrogen and oxygen atoms in total. The minimum atomic E-state index is 0.791. The van der Waals surface area contributed by atoms with Crippen LogP contribution in [-0.4, -0.2) is 31.2 Å². The van der Waals surface area contributed by atoms with Gasteiger partial charge < -0.3 is 10.2 Å². The predicted octanol–water partition coefficient (Wildman–Crippen LogP) is 1.84. The molecule has 1 aromatic rings. The molecule has 0 unspecified atom stereocenters. The summed E-state index contributed by atoms with van der Waals surface area (Å²) in [5.74, 6) is 0. The fraction of sp³-hybridized carbons (Fsp3) is 0.545. The summed E-state index contributed by atoms with van der Waals surface area (Å²) in [6.45, 7) is 6.15. The van der Waals surface area contributed by atoms with Crippen molar-refractivity contribution in [2.45, 2.75) is 13.3 Å². The Kier molecular flexibility index (Phi) is 3.44. The van der Waals surface area contributed by atoms with E-state index in [1.54, 1.807) is 0 Å². The molecule has 0 radical (unpaired) electrons. The van der Waals surface area contributed by atoms with Crippen LogP contribution in [0.1, 0.15) is 12.1 Å². The van der Waals surface area contributed by atoms with E-state index in [-0.39, 0.29) is 0 Å². The quantitative estimate of drug-likeness (QED) is 0.791. The fourth-order valence-corrected chi connectivity index (χ4v) is 2.10. The highest BCUT2D eigenvalue weighted by molar-refractivity contribution is 6.33. The number of anilines is 1. The average molecular weight is 226 g/mol. The van der Waals surface area contributed by atoms with E-state index in [0.717, 1.165) is 49.0 Å². The van der Waals surface area contributed by atoms with Gasteiger partial charge in [-0.1, -0.05) is 11.6 Å². The monoisotopic (exact) mass is 225 g/mol. The Morgan fingerprint density at radius 3 is 3.13 bits per heavy atom. The molecule has 1 fully saturated rings. The lowest BCUT2D eigenvalue weighted by Gasteiger charge is -2.23. The van der Waals surface area contributed by atoms with Crippen molar-refractivity contribution in [1.82, 2.24) is 10.3 Å². The SMILES string of the molecule is Cc1nccc(N2CCCNCC2)c1Cl. The minimum absolute atomic E-state index is 0.791. The van der Waals surface area contributed by atoms with E-state index in [0.29, 0.717) is 0 Å². The first-order chi connectivity index (χ1) is 7.29. The number of nitrogens with one attached hydrogen (secondary N) is 1. The third-order valence-corrected chi connectivity index (χ3v) is 3.19. The van der Waals surface area contributed by atoms with Gasteiger partial charge in [0.2, 0.25) is 0 Å². The summed E-state index contributed by atoms with van der Waals surface area (Å²) < 4.78 is 0. The van der Waals surface area contributed by atoms with E-state index >= 15 is 0 Å². The second-order valence-electron chi connectivity index (χ2n) is 3.82. The maximum absolute atomic E-state index is 6.26. The molecule has 82 valence electrons. The first kappa shape index (κ1) is 10.7. The van der Waals surface area contributed by atoms with Crippen LogP contribution < -0.4 is 10.2 Å². The number of aryl methyl sites for hydroxylation is 1. The van der Waals surface area contributed by atoms with Crippen molar-refractivity contribution < 1.29 is 0 Å². The molecule has 4 heteroatoms. The normalized spacial score (nSPS) is 17.6. The first-order valence-corrected chi connectivity index (χ1v) is 5.73. The maximum Gasteiger partial charge on any atom is 0.0851 e. The smallest absolute Gasteiger partial charge is 0.0851 e. The van der Waals surface area contributed by atoms with Gasteiger partial charge >= 0.3 is 0 Å².